The minimum Gasteiger partial charge on any atom is -0.494 e. The lowest BCUT2D eigenvalue weighted by atomic mass is 10.2. The second-order valence-electron chi connectivity index (χ2n) is 5.14. The van der Waals surface area contributed by atoms with Gasteiger partial charge in [0.05, 0.1) is 19.3 Å². The predicted octanol–water partition coefficient (Wildman–Crippen LogP) is 2.70. The van der Waals surface area contributed by atoms with Crippen molar-refractivity contribution in [2.24, 2.45) is 0 Å². The number of halogens is 1. The Morgan fingerprint density at radius 1 is 1.32 bits per heavy atom. The third-order valence-electron chi connectivity index (χ3n) is 3.41. The van der Waals surface area contributed by atoms with Crippen molar-refractivity contribution in [1.29, 1.82) is 0 Å². The van der Waals surface area contributed by atoms with E-state index in [4.69, 9.17) is 9.47 Å². The standard InChI is InChI=1S/C15H22FNO2/c1-12-11-19-13(2)10-17(12)8-3-9-18-15-6-4-14(16)5-7-15/h4-7,12-13H,3,8-11H2,1-2H3/t12-,13-/m0/s1. The zero-order chi connectivity index (χ0) is 13.7. The second kappa shape index (κ2) is 6.87. The Balaban J connectivity index is 1.67. The van der Waals surface area contributed by atoms with Gasteiger partial charge in [0.1, 0.15) is 11.6 Å². The van der Waals surface area contributed by atoms with Gasteiger partial charge in [0.25, 0.3) is 0 Å². The molecule has 2 rings (SSSR count). The molecular weight excluding hydrogens is 245 g/mol. The predicted molar refractivity (Wildman–Crippen MR) is 73.0 cm³/mol. The molecule has 106 valence electrons. The van der Waals surface area contributed by atoms with Gasteiger partial charge in [-0.3, -0.25) is 4.90 Å². The summed E-state index contributed by atoms with van der Waals surface area (Å²) in [6.07, 6.45) is 1.28. The van der Waals surface area contributed by atoms with Gasteiger partial charge in [-0.2, -0.15) is 0 Å². The maximum Gasteiger partial charge on any atom is 0.123 e. The average molecular weight is 267 g/mol. The van der Waals surface area contributed by atoms with E-state index < -0.39 is 0 Å². The van der Waals surface area contributed by atoms with E-state index in [2.05, 4.69) is 18.7 Å². The zero-order valence-electron chi connectivity index (χ0n) is 11.6. The van der Waals surface area contributed by atoms with Crippen LogP contribution in [-0.4, -0.2) is 43.3 Å². The highest BCUT2D eigenvalue weighted by atomic mass is 19.1. The van der Waals surface area contributed by atoms with E-state index in [1.807, 2.05) is 0 Å². The molecule has 0 saturated carbocycles. The van der Waals surface area contributed by atoms with E-state index in [1.54, 1.807) is 12.1 Å². The number of nitrogens with zero attached hydrogens (tertiary/aromatic N) is 1. The lowest BCUT2D eigenvalue weighted by molar-refractivity contribution is -0.0502. The Morgan fingerprint density at radius 3 is 2.79 bits per heavy atom. The van der Waals surface area contributed by atoms with Crippen LogP contribution in [0.5, 0.6) is 5.75 Å². The van der Waals surface area contributed by atoms with Gasteiger partial charge >= 0.3 is 0 Å². The number of rotatable bonds is 5. The molecule has 19 heavy (non-hydrogen) atoms. The largest absolute Gasteiger partial charge is 0.494 e. The van der Waals surface area contributed by atoms with Crippen molar-refractivity contribution >= 4 is 0 Å². The average Bonchev–Trinajstić information content (AvgIpc) is 2.40. The van der Waals surface area contributed by atoms with Crippen molar-refractivity contribution in [3.8, 4) is 5.75 Å². The van der Waals surface area contributed by atoms with Crippen molar-refractivity contribution < 1.29 is 13.9 Å². The molecule has 0 radical (unpaired) electrons. The van der Waals surface area contributed by atoms with Crippen LogP contribution in [0.1, 0.15) is 20.3 Å². The van der Waals surface area contributed by atoms with Gasteiger partial charge in [0, 0.05) is 19.1 Å². The Morgan fingerprint density at radius 2 is 2.05 bits per heavy atom. The number of morpholine rings is 1. The molecule has 0 spiro atoms. The molecular formula is C15H22FNO2. The quantitative estimate of drug-likeness (QED) is 0.766. The lowest BCUT2D eigenvalue weighted by Crippen LogP contribution is -2.47. The van der Waals surface area contributed by atoms with Crippen molar-refractivity contribution in [2.75, 3.05) is 26.3 Å². The summed E-state index contributed by atoms with van der Waals surface area (Å²) in [5.74, 6) is 0.494. The van der Waals surface area contributed by atoms with Crippen LogP contribution in [0.15, 0.2) is 24.3 Å². The molecule has 1 aromatic carbocycles. The summed E-state index contributed by atoms with van der Waals surface area (Å²) in [5.41, 5.74) is 0. The van der Waals surface area contributed by atoms with Crippen LogP contribution >= 0.6 is 0 Å². The van der Waals surface area contributed by atoms with Gasteiger partial charge < -0.3 is 9.47 Å². The molecule has 4 heteroatoms. The molecule has 0 aromatic heterocycles. The summed E-state index contributed by atoms with van der Waals surface area (Å²) < 4.78 is 23.9. The highest BCUT2D eigenvalue weighted by molar-refractivity contribution is 5.21. The van der Waals surface area contributed by atoms with Gasteiger partial charge in [-0.15, -0.1) is 0 Å². The molecule has 1 aliphatic rings. The molecule has 1 aliphatic heterocycles. The summed E-state index contributed by atoms with van der Waals surface area (Å²) in [6.45, 7) is 7.75. The Labute approximate surface area is 114 Å². The summed E-state index contributed by atoms with van der Waals surface area (Å²) in [7, 11) is 0. The number of benzene rings is 1. The van der Waals surface area contributed by atoms with Crippen molar-refractivity contribution in [3.63, 3.8) is 0 Å². The number of hydrogen-bond acceptors (Lipinski definition) is 3. The van der Waals surface area contributed by atoms with Gasteiger partial charge in [-0.1, -0.05) is 0 Å². The first-order chi connectivity index (χ1) is 9.15. The van der Waals surface area contributed by atoms with E-state index in [0.717, 1.165) is 31.9 Å². The maximum absolute atomic E-state index is 12.7. The van der Waals surface area contributed by atoms with E-state index in [1.165, 1.54) is 12.1 Å². The highest BCUT2D eigenvalue weighted by Gasteiger charge is 2.22. The van der Waals surface area contributed by atoms with Crippen LogP contribution in [0.25, 0.3) is 0 Å². The molecule has 3 nitrogen and oxygen atoms in total. The Kier molecular flexibility index (Phi) is 5.16. The molecule has 1 heterocycles. The normalized spacial score (nSPS) is 24.4. The van der Waals surface area contributed by atoms with Crippen LogP contribution in [0.4, 0.5) is 4.39 Å². The fraction of sp³-hybridized carbons (Fsp3) is 0.600. The van der Waals surface area contributed by atoms with Crippen LogP contribution in [0.2, 0.25) is 0 Å². The van der Waals surface area contributed by atoms with Crippen LogP contribution < -0.4 is 4.74 Å². The van der Waals surface area contributed by atoms with E-state index in [0.29, 0.717) is 18.8 Å². The van der Waals surface area contributed by atoms with Gasteiger partial charge in [-0.05, 0) is 44.5 Å². The van der Waals surface area contributed by atoms with Gasteiger partial charge in [0.2, 0.25) is 0 Å². The monoisotopic (exact) mass is 267 g/mol. The first kappa shape index (κ1) is 14.3. The van der Waals surface area contributed by atoms with Crippen molar-refractivity contribution in [1.82, 2.24) is 4.90 Å². The number of ether oxygens (including phenoxy) is 2. The van der Waals surface area contributed by atoms with Crippen LogP contribution in [0, 0.1) is 5.82 Å². The molecule has 1 fully saturated rings. The van der Waals surface area contributed by atoms with Gasteiger partial charge in [-0.25, -0.2) is 4.39 Å². The van der Waals surface area contributed by atoms with Crippen LogP contribution in [-0.2, 0) is 4.74 Å². The summed E-state index contributed by atoms with van der Waals surface area (Å²) in [5, 5.41) is 0. The highest BCUT2D eigenvalue weighted by Crippen LogP contribution is 2.13. The molecule has 1 saturated heterocycles. The Bertz CT molecular complexity index is 382. The maximum atomic E-state index is 12.7. The minimum absolute atomic E-state index is 0.233. The van der Waals surface area contributed by atoms with Crippen LogP contribution in [0.3, 0.4) is 0 Å². The molecule has 2 atom stereocenters. The smallest absolute Gasteiger partial charge is 0.123 e. The fourth-order valence-corrected chi connectivity index (χ4v) is 2.27. The zero-order valence-corrected chi connectivity index (χ0v) is 11.6. The lowest BCUT2D eigenvalue weighted by Gasteiger charge is -2.36. The van der Waals surface area contributed by atoms with Crippen molar-refractivity contribution in [2.45, 2.75) is 32.4 Å². The van der Waals surface area contributed by atoms with Crippen molar-refractivity contribution in [3.05, 3.63) is 30.1 Å². The number of hydrogen-bond donors (Lipinski definition) is 0. The summed E-state index contributed by atoms with van der Waals surface area (Å²) >= 11 is 0. The van der Waals surface area contributed by atoms with E-state index in [-0.39, 0.29) is 5.82 Å². The van der Waals surface area contributed by atoms with E-state index >= 15 is 0 Å². The van der Waals surface area contributed by atoms with Gasteiger partial charge in [0.15, 0.2) is 0 Å². The molecule has 0 aliphatic carbocycles. The molecule has 0 N–H and O–H groups in total. The van der Waals surface area contributed by atoms with E-state index in [9.17, 15) is 4.39 Å². The molecule has 0 unspecified atom stereocenters. The fourth-order valence-electron chi connectivity index (χ4n) is 2.27. The second-order valence-corrected chi connectivity index (χ2v) is 5.14. The minimum atomic E-state index is -0.233. The SMILES string of the molecule is C[C@H]1CN(CCCOc2ccc(F)cc2)[C@@H](C)CO1. The summed E-state index contributed by atoms with van der Waals surface area (Å²) in [4.78, 5) is 2.43. The first-order valence-electron chi connectivity index (χ1n) is 6.89. The summed E-state index contributed by atoms with van der Waals surface area (Å²) in [6, 6.07) is 6.63. The molecule has 1 aromatic rings. The third kappa shape index (κ3) is 4.48. The third-order valence-corrected chi connectivity index (χ3v) is 3.41. The Hall–Kier alpha value is -1.13. The molecule has 0 bridgehead atoms. The molecule has 0 amide bonds. The first-order valence-corrected chi connectivity index (χ1v) is 6.89. The topological polar surface area (TPSA) is 21.7 Å².